The average molecular weight is 305 g/mol. The first-order valence-electron chi connectivity index (χ1n) is 8.46. The Hall–Kier alpha value is -2.22. The summed E-state index contributed by atoms with van der Waals surface area (Å²) in [5.74, 6) is 2.07. The minimum atomic E-state index is 0.439. The lowest BCUT2D eigenvalue weighted by molar-refractivity contribution is 0.330. The third-order valence-corrected chi connectivity index (χ3v) is 4.83. The average Bonchev–Trinajstić information content (AvgIpc) is 2.54. The molecule has 118 valence electrons. The topological polar surface area (TPSA) is 21.3 Å². The van der Waals surface area contributed by atoms with E-state index in [0.717, 1.165) is 12.2 Å². The van der Waals surface area contributed by atoms with Gasteiger partial charge in [-0.3, -0.25) is 0 Å². The van der Waals surface area contributed by atoms with Gasteiger partial charge in [-0.15, -0.1) is 0 Å². The van der Waals surface area contributed by atoms with Crippen LogP contribution in [0.5, 0.6) is 5.75 Å². The molecule has 2 heterocycles. The summed E-state index contributed by atoms with van der Waals surface area (Å²) in [6.45, 7) is 7.46. The van der Waals surface area contributed by atoms with Gasteiger partial charge in [0.25, 0.3) is 0 Å². The van der Waals surface area contributed by atoms with Crippen LogP contribution in [0.1, 0.15) is 42.9 Å². The van der Waals surface area contributed by atoms with E-state index in [0.29, 0.717) is 18.4 Å². The summed E-state index contributed by atoms with van der Waals surface area (Å²) in [6.07, 6.45) is 1.16. The van der Waals surface area contributed by atoms with E-state index < -0.39 is 0 Å². The molecule has 1 N–H and O–H groups in total. The minimum absolute atomic E-state index is 0.439. The van der Waals surface area contributed by atoms with Crippen molar-refractivity contribution < 1.29 is 4.74 Å². The number of anilines is 1. The molecule has 0 aliphatic carbocycles. The lowest BCUT2D eigenvalue weighted by Gasteiger charge is -2.36. The fourth-order valence-corrected chi connectivity index (χ4v) is 3.77. The molecule has 0 radical (unpaired) electrons. The number of nitrogens with one attached hydrogen (secondary N) is 1. The lowest BCUT2D eigenvalue weighted by Crippen LogP contribution is -2.25. The van der Waals surface area contributed by atoms with Gasteiger partial charge in [-0.1, -0.05) is 43.7 Å². The Morgan fingerprint density at radius 3 is 2.83 bits per heavy atom. The summed E-state index contributed by atoms with van der Waals surface area (Å²) in [6, 6.07) is 15.1. The predicted molar refractivity (Wildman–Crippen MR) is 95.9 cm³/mol. The zero-order chi connectivity index (χ0) is 16.0. The van der Waals surface area contributed by atoms with Gasteiger partial charge in [0.1, 0.15) is 12.4 Å². The lowest BCUT2D eigenvalue weighted by atomic mass is 9.78. The summed E-state index contributed by atoms with van der Waals surface area (Å²) >= 11 is 0. The van der Waals surface area contributed by atoms with Crippen LogP contribution < -0.4 is 10.1 Å². The van der Waals surface area contributed by atoms with Gasteiger partial charge in [0.2, 0.25) is 0 Å². The molecule has 0 spiro atoms. The van der Waals surface area contributed by atoms with Gasteiger partial charge >= 0.3 is 0 Å². The Balaban J connectivity index is 1.88. The smallest absolute Gasteiger partial charge is 0.129 e. The Labute approximate surface area is 138 Å². The summed E-state index contributed by atoms with van der Waals surface area (Å²) in [7, 11) is 0. The molecule has 2 aromatic rings. The van der Waals surface area contributed by atoms with Gasteiger partial charge in [0.05, 0.1) is 5.70 Å². The summed E-state index contributed by atoms with van der Waals surface area (Å²) in [5, 5.41) is 3.69. The van der Waals surface area contributed by atoms with Crippen molar-refractivity contribution in [2.24, 2.45) is 5.92 Å². The van der Waals surface area contributed by atoms with Gasteiger partial charge < -0.3 is 10.1 Å². The van der Waals surface area contributed by atoms with Crippen LogP contribution in [0.15, 0.2) is 48.0 Å². The van der Waals surface area contributed by atoms with Crippen LogP contribution in [0.3, 0.4) is 0 Å². The summed E-state index contributed by atoms with van der Waals surface area (Å²) < 4.78 is 6.05. The minimum Gasteiger partial charge on any atom is -0.488 e. The second kappa shape index (κ2) is 5.45. The highest BCUT2D eigenvalue weighted by Crippen LogP contribution is 2.47. The number of hydrogen-bond donors (Lipinski definition) is 1. The maximum absolute atomic E-state index is 6.05. The van der Waals surface area contributed by atoms with Crippen LogP contribution in [0.2, 0.25) is 0 Å². The predicted octanol–water partition coefficient (Wildman–Crippen LogP) is 5.35. The number of benzene rings is 2. The van der Waals surface area contributed by atoms with Crippen molar-refractivity contribution in [2.45, 2.75) is 33.1 Å². The first-order valence-corrected chi connectivity index (χ1v) is 8.46. The zero-order valence-electron chi connectivity index (χ0n) is 14.0. The van der Waals surface area contributed by atoms with Crippen LogP contribution in [0.25, 0.3) is 5.70 Å². The second-order valence-electron chi connectivity index (χ2n) is 7.08. The molecule has 0 fully saturated rings. The Kier molecular flexibility index (Phi) is 3.41. The van der Waals surface area contributed by atoms with Crippen molar-refractivity contribution in [2.75, 3.05) is 11.9 Å². The molecule has 2 heteroatoms. The molecule has 1 unspecified atom stereocenters. The number of rotatable bonds is 2. The number of para-hydroxylation sites is 1. The fourth-order valence-electron chi connectivity index (χ4n) is 3.77. The molecule has 0 aromatic heterocycles. The second-order valence-corrected chi connectivity index (χ2v) is 7.08. The number of fused-ring (bicyclic) bond motifs is 3. The molecular formula is C21H23NO. The number of aryl methyl sites for hydroxylation is 1. The van der Waals surface area contributed by atoms with Crippen molar-refractivity contribution in [1.29, 1.82) is 0 Å². The standard InChI is InChI=1S/C21H23NO/c1-13(2)10-16-17-11-14(3)8-9-19(17)22-21-15-6-4-5-7-20(15)23-12-18(16)21/h4-9,11,13,16,22H,10,12H2,1-3H3. The Morgan fingerprint density at radius 2 is 2.00 bits per heavy atom. The monoisotopic (exact) mass is 305 g/mol. The van der Waals surface area contributed by atoms with Crippen LogP contribution in [-0.2, 0) is 0 Å². The summed E-state index contributed by atoms with van der Waals surface area (Å²) in [4.78, 5) is 0. The van der Waals surface area contributed by atoms with E-state index in [1.165, 1.54) is 33.6 Å². The van der Waals surface area contributed by atoms with Crippen molar-refractivity contribution >= 4 is 11.4 Å². The van der Waals surface area contributed by atoms with Gasteiger partial charge in [-0.05, 0) is 48.6 Å². The first kappa shape index (κ1) is 14.4. The molecule has 0 saturated heterocycles. The third kappa shape index (κ3) is 2.42. The molecule has 2 aliphatic rings. The maximum Gasteiger partial charge on any atom is 0.129 e. The molecule has 1 atom stereocenters. The molecule has 0 saturated carbocycles. The quantitative estimate of drug-likeness (QED) is 0.807. The Bertz CT molecular complexity index is 788. The molecule has 2 nitrogen and oxygen atoms in total. The molecule has 0 amide bonds. The highest BCUT2D eigenvalue weighted by Gasteiger charge is 2.32. The van der Waals surface area contributed by atoms with E-state index in [2.05, 4.69) is 62.5 Å². The van der Waals surface area contributed by atoms with Crippen molar-refractivity contribution in [3.8, 4) is 5.75 Å². The Morgan fingerprint density at radius 1 is 1.17 bits per heavy atom. The van der Waals surface area contributed by atoms with Crippen molar-refractivity contribution in [1.82, 2.24) is 0 Å². The first-order chi connectivity index (χ1) is 11.1. The normalized spacial score (nSPS) is 18.7. The van der Waals surface area contributed by atoms with Crippen LogP contribution >= 0.6 is 0 Å². The van der Waals surface area contributed by atoms with E-state index in [4.69, 9.17) is 4.74 Å². The molecule has 4 rings (SSSR count). The van der Waals surface area contributed by atoms with E-state index in [1.54, 1.807) is 0 Å². The van der Waals surface area contributed by atoms with Crippen LogP contribution in [-0.4, -0.2) is 6.61 Å². The number of ether oxygens (including phenoxy) is 1. The van der Waals surface area contributed by atoms with Gasteiger partial charge in [-0.25, -0.2) is 0 Å². The molecular weight excluding hydrogens is 282 g/mol. The van der Waals surface area contributed by atoms with Crippen LogP contribution in [0.4, 0.5) is 5.69 Å². The van der Waals surface area contributed by atoms with E-state index in [9.17, 15) is 0 Å². The molecule has 2 aliphatic heterocycles. The zero-order valence-corrected chi connectivity index (χ0v) is 14.0. The highest BCUT2D eigenvalue weighted by molar-refractivity contribution is 5.88. The van der Waals surface area contributed by atoms with E-state index in [1.807, 2.05) is 6.07 Å². The van der Waals surface area contributed by atoms with Crippen LogP contribution in [0, 0.1) is 12.8 Å². The molecule has 23 heavy (non-hydrogen) atoms. The van der Waals surface area contributed by atoms with E-state index in [-0.39, 0.29) is 0 Å². The van der Waals surface area contributed by atoms with E-state index >= 15 is 0 Å². The van der Waals surface area contributed by atoms with Gasteiger partial charge in [-0.2, -0.15) is 0 Å². The number of hydrogen-bond acceptors (Lipinski definition) is 2. The van der Waals surface area contributed by atoms with Crippen molar-refractivity contribution in [3.05, 3.63) is 64.7 Å². The van der Waals surface area contributed by atoms with Gasteiger partial charge in [0, 0.05) is 17.2 Å². The molecule has 0 bridgehead atoms. The summed E-state index contributed by atoms with van der Waals surface area (Å²) in [5.41, 5.74) is 7.83. The molecule has 2 aromatic carbocycles. The third-order valence-electron chi connectivity index (χ3n) is 4.83. The fraction of sp³-hybridized carbons (Fsp3) is 0.333. The van der Waals surface area contributed by atoms with Crippen molar-refractivity contribution in [3.63, 3.8) is 0 Å². The SMILES string of the molecule is Cc1ccc2c(c1)C(CC(C)C)C1=C(N2)c2ccccc2OC1. The highest BCUT2D eigenvalue weighted by atomic mass is 16.5. The largest absolute Gasteiger partial charge is 0.488 e. The van der Waals surface area contributed by atoms with Gasteiger partial charge in [0.15, 0.2) is 0 Å². The maximum atomic E-state index is 6.05.